The summed E-state index contributed by atoms with van der Waals surface area (Å²) in [5.41, 5.74) is 6.57. The summed E-state index contributed by atoms with van der Waals surface area (Å²) >= 11 is 0. The second-order valence-electron chi connectivity index (χ2n) is 10.3. The average molecular weight is 537 g/mol. The van der Waals surface area contributed by atoms with Crippen LogP contribution in [0.3, 0.4) is 0 Å². The SMILES string of the molecule is C/C=C(\N=NNc1cc(C(=O)Nc2cc(C(C)(C)C)ccc2OC)ccc1C)C(=O)NCCN1CCOCC1. The van der Waals surface area contributed by atoms with Crippen LogP contribution < -0.4 is 20.8 Å². The minimum atomic E-state index is -0.299. The molecule has 1 aliphatic heterocycles. The molecule has 0 spiro atoms. The Kier molecular flexibility index (Phi) is 10.6. The van der Waals surface area contributed by atoms with Crippen molar-refractivity contribution >= 4 is 23.2 Å². The largest absolute Gasteiger partial charge is 0.495 e. The number of anilines is 2. The predicted molar refractivity (Wildman–Crippen MR) is 153 cm³/mol. The van der Waals surface area contributed by atoms with Crippen LogP contribution in [0.25, 0.3) is 0 Å². The molecule has 39 heavy (non-hydrogen) atoms. The molecule has 3 rings (SSSR count). The number of hydrogen-bond donors (Lipinski definition) is 3. The minimum absolute atomic E-state index is 0.0802. The van der Waals surface area contributed by atoms with Crippen molar-refractivity contribution in [2.24, 2.45) is 10.3 Å². The molecule has 210 valence electrons. The summed E-state index contributed by atoms with van der Waals surface area (Å²) in [4.78, 5) is 27.9. The van der Waals surface area contributed by atoms with E-state index in [0.29, 0.717) is 29.2 Å². The smallest absolute Gasteiger partial charge is 0.271 e. The molecule has 10 heteroatoms. The number of benzene rings is 2. The zero-order chi connectivity index (χ0) is 28.4. The highest BCUT2D eigenvalue weighted by Crippen LogP contribution is 2.32. The van der Waals surface area contributed by atoms with Crippen molar-refractivity contribution in [3.63, 3.8) is 0 Å². The van der Waals surface area contributed by atoms with Gasteiger partial charge in [0.2, 0.25) is 0 Å². The highest BCUT2D eigenvalue weighted by atomic mass is 16.5. The maximum Gasteiger partial charge on any atom is 0.271 e. The second-order valence-corrected chi connectivity index (χ2v) is 10.3. The van der Waals surface area contributed by atoms with E-state index in [0.717, 1.165) is 44.0 Å². The topological polar surface area (TPSA) is 117 Å². The van der Waals surface area contributed by atoms with Gasteiger partial charge in [-0.15, -0.1) is 5.11 Å². The number of rotatable bonds is 10. The summed E-state index contributed by atoms with van der Waals surface area (Å²) in [5.74, 6) is -0.00144. The fourth-order valence-corrected chi connectivity index (χ4v) is 3.96. The third-order valence-corrected chi connectivity index (χ3v) is 6.47. The van der Waals surface area contributed by atoms with Crippen molar-refractivity contribution in [2.45, 2.75) is 40.0 Å². The predicted octanol–water partition coefficient (Wildman–Crippen LogP) is 4.68. The van der Waals surface area contributed by atoms with Crippen molar-refractivity contribution in [3.8, 4) is 5.75 Å². The van der Waals surface area contributed by atoms with Gasteiger partial charge >= 0.3 is 0 Å². The summed E-state index contributed by atoms with van der Waals surface area (Å²) in [7, 11) is 1.57. The molecule has 0 radical (unpaired) electrons. The number of carbonyl (C=O) groups excluding carboxylic acids is 2. The first-order valence-electron chi connectivity index (χ1n) is 13.1. The fraction of sp³-hybridized carbons (Fsp3) is 0.448. The Morgan fingerprint density at radius 2 is 1.85 bits per heavy atom. The number of amides is 2. The van der Waals surface area contributed by atoms with Gasteiger partial charge in [0.05, 0.1) is 31.7 Å². The van der Waals surface area contributed by atoms with Crippen molar-refractivity contribution < 1.29 is 19.1 Å². The van der Waals surface area contributed by atoms with E-state index in [-0.39, 0.29) is 22.9 Å². The Labute approximate surface area is 230 Å². The second kappa shape index (κ2) is 13.9. The molecule has 1 fully saturated rings. The van der Waals surface area contributed by atoms with Crippen LogP contribution in [-0.2, 0) is 14.9 Å². The highest BCUT2D eigenvalue weighted by Gasteiger charge is 2.18. The summed E-state index contributed by atoms with van der Waals surface area (Å²) in [6.07, 6.45) is 1.60. The van der Waals surface area contributed by atoms with E-state index in [1.54, 1.807) is 32.2 Å². The van der Waals surface area contributed by atoms with Crippen LogP contribution in [0, 0.1) is 6.92 Å². The van der Waals surface area contributed by atoms with E-state index in [1.807, 2.05) is 31.2 Å². The van der Waals surface area contributed by atoms with Crippen LogP contribution in [-0.4, -0.2) is 63.2 Å². The molecule has 1 saturated heterocycles. The molecule has 2 aromatic carbocycles. The fourth-order valence-electron chi connectivity index (χ4n) is 3.96. The first kappa shape index (κ1) is 29.8. The highest BCUT2D eigenvalue weighted by molar-refractivity contribution is 6.05. The Balaban J connectivity index is 1.63. The number of allylic oxidation sites excluding steroid dienone is 1. The van der Waals surface area contributed by atoms with Crippen LogP contribution in [0.2, 0.25) is 0 Å². The summed E-state index contributed by atoms with van der Waals surface area (Å²) in [6, 6.07) is 11.0. The molecule has 1 heterocycles. The summed E-state index contributed by atoms with van der Waals surface area (Å²) in [5, 5.41) is 13.9. The monoisotopic (exact) mass is 536 g/mol. The maximum absolute atomic E-state index is 13.1. The van der Waals surface area contributed by atoms with Gasteiger partial charge in [0, 0.05) is 31.7 Å². The van der Waals surface area contributed by atoms with Gasteiger partial charge < -0.3 is 20.1 Å². The molecular formula is C29H40N6O4. The lowest BCUT2D eigenvalue weighted by molar-refractivity contribution is -0.117. The lowest BCUT2D eigenvalue weighted by Crippen LogP contribution is -2.41. The van der Waals surface area contributed by atoms with Gasteiger partial charge in [-0.25, -0.2) is 0 Å². The summed E-state index contributed by atoms with van der Waals surface area (Å²) in [6.45, 7) is 14.4. The van der Waals surface area contributed by atoms with E-state index in [4.69, 9.17) is 9.47 Å². The zero-order valence-corrected chi connectivity index (χ0v) is 23.8. The van der Waals surface area contributed by atoms with Crippen LogP contribution in [0.4, 0.5) is 11.4 Å². The number of methoxy groups -OCH3 is 1. The molecule has 0 aromatic heterocycles. The Bertz CT molecular complexity index is 1210. The van der Waals surface area contributed by atoms with E-state index < -0.39 is 0 Å². The number of carbonyl (C=O) groups is 2. The minimum Gasteiger partial charge on any atom is -0.495 e. The van der Waals surface area contributed by atoms with Crippen LogP contribution in [0.1, 0.15) is 49.2 Å². The van der Waals surface area contributed by atoms with Gasteiger partial charge in [-0.2, -0.15) is 0 Å². The Morgan fingerprint density at radius 1 is 1.10 bits per heavy atom. The Morgan fingerprint density at radius 3 is 2.51 bits per heavy atom. The van der Waals surface area contributed by atoms with E-state index in [9.17, 15) is 9.59 Å². The van der Waals surface area contributed by atoms with Gasteiger partial charge in [0.1, 0.15) is 11.4 Å². The standard InChI is InChI=1S/C29H40N6O4/c1-7-23(28(37)30-12-13-35-14-16-39-17-15-35)32-34-33-24-18-21(9-8-20(24)2)27(36)31-25-19-22(29(3,4)5)10-11-26(25)38-6/h7-11,18-19H,12-17H2,1-6H3,(H,30,37)(H,31,36)(H,32,33)/b23-7-. The lowest BCUT2D eigenvalue weighted by Gasteiger charge is -2.26. The molecule has 0 saturated carbocycles. The Hall–Kier alpha value is -3.76. The molecule has 3 N–H and O–H groups in total. The number of ether oxygens (including phenoxy) is 2. The van der Waals surface area contributed by atoms with Gasteiger partial charge in [0.15, 0.2) is 0 Å². The molecule has 2 aromatic rings. The van der Waals surface area contributed by atoms with Gasteiger partial charge in [-0.05, 0) is 54.7 Å². The van der Waals surface area contributed by atoms with Crippen LogP contribution >= 0.6 is 0 Å². The van der Waals surface area contributed by atoms with Gasteiger partial charge in [0.25, 0.3) is 11.8 Å². The maximum atomic E-state index is 13.1. The number of aryl methyl sites for hydroxylation is 1. The average Bonchev–Trinajstić information content (AvgIpc) is 2.92. The van der Waals surface area contributed by atoms with Crippen LogP contribution in [0.5, 0.6) is 5.75 Å². The first-order chi connectivity index (χ1) is 18.6. The first-order valence-corrected chi connectivity index (χ1v) is 13.1. The third-order valence-electron chi connectivity index (χ3n) is 6.47. The molecule has 2 amide bonds. The molecular weight excluding hydrogens is 496 g/mol. The van der Waals surface area contributed by atoms with Gasteiger partial charge in [-0.3, -0.25) is 19.9 Å². The molecule has 1 aliphatic rings. The molecule has 0 atom stereocenters. The summed E-state index contributed by atoms with van der Waals surface area (Å²) < 4.78 is 10.8. The zero-order valence-electron chi connectivity index (χ0n) is 23.8. The molecule has 0 unspecified atom stereocenters. The number of nitrogens with one attached hydrogen (secondary N) is 3. The molecule has 0 bridgehead atoms. The van der Waals surface area contributed by atoms with E-state index >= 15 is 0 Å². The lowest BCUT2D eigenvalue weighted by atomic mass is 9.87. The number of nitrogens with zero attached hydrogens (tertiary/aromatic N) is 3. The van der Waals surface area contributed by atoms with Crippen molar-refractivity contribution in [2.75, 3.05) is 57.2 Å². The van der Waals surface area contributed by atoms with Crippen molar-refractivity contribution in [1.82, 2.24) is 10.2 Å². The van der Waals surface area contributed by atoms with Gasteiger partial charge in [-0.1, -0.05) is 44.2 Å². The molecule has 0 aliphatic carbocycles. The van der Waals surface area contributed by atoms with Crippen LogP contribution in [0.15, 0.2) is 58.5 Å². The normalized spacial score (nSPS) is 14.8. The van der Waals surface area contributed by atoms with Crippen molar-refractivity contribution in [1.29, 1.82) is 0 Å². The number of morpholine rings is 1. The van der Waals surface area contributed by atoms with E-state index in [2.05, 4.69) is 52.1 Å². The van der Waals surface area contributed by atoms with Crippen molar-refractivity contribution in [3.05, 3.63) is 64.9 Å². The van der Waals surface area contributed by atoms with E-state index in [1.165, 1.54) is 0 Å². The molecule has 10 nitrogen and oxygen atoms in total. The third kappa shape index (κ3) is 8.62. The number of hydrogen-bond acceptors (Lipinski definition) is 7. The quantitative estimate of drug-likeness (QED) is 0.231.